The number of ether oxygens (including phenoxy) is 1. The first kappa shape index (κ1) is 12.3. The topological polar surface area (TPSA) is 29.5 Å². The van der Waals surface area contributed by atoms with E-state index in [9.17, 15) is 4.79 Å². The molecule has 0 aliphatic carbocycles. The van der Waals surface area contributed by atoms with Gasteiger partial charge in [-0.1, -0.05) is 48.5 Å². The first-order chi connectivity index (χ1) is 10.7. The summed E-state index contributed by atoms with van der Waals surface area (Å²) in [5, 5.41) is 0. The second-order valence-corrected chi connectivity index (χ2v) is 6.80. The molecule has 22 heavy (non-hydrogen) atoms. The molecule has 3 atom stereocenters. The molecule has 0 amide bonds. The fourth-order valence-electron chi connectivity index (χ4n) is 4.74. The molecule has 3 aliphatic heterocycles. The van der Waals surface area contributed by atoms with Crippen LogP contribution in [-0.4, -0.2) is 11.5 Å². The highest BCUT2D eigenvalue weighted by Gasteiger charge is 2.73. The molecule has 2 aromatic rings. The molecule has 0 aromatic heterocycles. The lowest BCUT2D eigenvalue weighted by Gasteiger charge is -2.43. The Balaban J connectivity index is 1.82. The maximum atomic E-state index is 12.6. The third-order valence-electron chi connectivity index (χ3n) is 5.60. The summed E-state index contributed by atoms with van der Waals surface area (Å²) in [6.07, 6.45) is 1.82. The van der Waals surface area contributed by atoms with Gasteiger partial charge in [-0.3, -0.25) is 0 Å². The third-order valence-corrected chi connectivity index (χ3v) is 5.60. The van der Waals surface area contributed by atoms with Crippen molar-refractivity contribution in [1.82, 2.24) is 0 Å². The Labute approximate surface area is 129 Å². The average Bonchev–Trinajstić information content (AvgIpc) is 2.86. The van der Waals surface area contributed by atoms with E-state index in [1.165, 1.54) is 5.56 Å². The Morgan fingerprint density at radius 2 is 1.82 bits per heavy atom. The molecule has 0 saturated carbocycles. The molecule has 0 unspecified atom stereocenters. The van der Waals surface area contributed by atoms with E-state index in [0.717, 1.165) is 24.1 Å². The number of nitrogens with zero attached hydrogens (tertiary/aromatic N) is 1. The number of hydrogen-bond acceptors (Lipinski definition) is 3. The minimum atomic E-state index is -0.624. The summed E-state index contributed by atoms with van der Waals surface area (Å²) in [4.78, 5) is 14.9. The van der Waals surface area contributed by atoms with Gasteiger partial charge in [-0.25, -0.2) is 4.79 Å². The number of carbonyl (C=O) groups is 1. The molecule has 3 nitrogen and oxygen atoms in total. The molecule has 2 saturated heterocycles. The maximum absolute atomic E-state index is 12.6. The lowest BCUT2D eigenvalue weighted by atomic mass is 9.79. The molecule has 0 radical (unpaired) electrons. The Bertz CT molecular complexity index is 787. The minimum absolute atomic E-state index is 0.0932. The smallest absolute Gasteiger partial charge is 0.334 e. The maximum Gasteiger partial charge on any atom is 0.334 e. The molecule has 0 N–H and O–H groups in total. The molecule has 110 valence electrons. The molecule has 2 aromatic carbocycles. The summed E-state index contributed by atoms with van der Waals surface area (Å²) >= 11 is 0. The first-order valence-electron chi connectivity index (χ1n) is 7.83. The van der Waals surface area contributed by atoms with Crippen molar-refractivity contribution in [1.29, 1.82) is 0 Å². The number of fused-ring (bicyclic) bond motifs is 1. The number of carbonyl (C=O) groups excluding carboxylic acids is 1. The lowest BCUT2D eigenvalue weighted by Crippen LogP contribution is -2.49. The van der Waals surface area contributed by atoms with Crippen molar-refractivity contribution in [2.75, 3.05) is 4.90 Å². The molecule has 3 heteroatoms. The molecule has 3 heterocycles. The van der Waals surface area contributed by atoms with Gasteiger partial charge in [0.25, 0.3) is 0 Å². The summed E-state index contributed by atoms with van der Waals surface area (Å²) in [7, 11) is 0. The van der Waals surface area contributed by atoms with Gasteiger partial charge in [-0.15, -0.1) is 0 Å². The summed E-state index contributed by atoms with van der Waals surface area (Å²) < 4.78 is 6.05. The summed E-state index contributed by atoms with van der Waals surface area (Å²) in [5.74, 6) is 0.219. The van der Waals surface area contributed by atoms with E-state index in [2.05, 4.69) is 35.2 Å². The lowest BCUT2D eigenvalue weighted by molar-refractivity contribution is -0.163. The van der Waals surface area contributed by atoms with Gasteiger partial charge in [-0.05, 0) is 31.4 Å². The zero-order valence-electron chi connectivity index (χ0n) is 12.5. The van der Waals surface area contributed by atoms with Crippen LogP contribution in [0.5, 0.6) is 0 Å². The van der Waals surface area contributed by atoms with Crippen molar-refractivity contribution in [3.05, 3.63) is 65.7 Å². The molecular formula is C19H17NO2. The summed E-state index contributed by atoms with van der Waals surface area (Å²) in [6.45, 7) is 2.03. The first-order valence-corrected chi connectivity index (χ1v) is 7.83. The normalized spacial score (nSPS) is 34.5. The quantitative estimate of drug-likeness (QED) is 0.755. The van der Waals surface area contributed by atoms with Crippen molar-refractivity contribution in [2.24, 2.45) is 5.92 Å². The van der Waals surface area contributed by atoms with Crippen LogP contribution in [0.25, 0.3) is 0 Å². The van der Waals surface area contributed by atoms with Crippen LogP contribution in [-0.2, 0) is 21.7 Å². The second kappa shape index (κ2) is 3.72. The van der Waals surface area contributed by atoms with E-state index in [4.69, 9.17) is 4.74 Å². The van der Waals surface area contributed by atoms with Crippen molar-refractivity contribution in [3.8, 4) is 0 Å². The number of rotatable bonds is 1. The zero-order valence-corrected chi connectivity index (χ0v) is 12.5. The zero-order chi connectivity index (χ0) is 14.9. The monoisotopic (exact) mass is 291 g/mol. The van der Waals surface area contributed by atoms with Crippen LogP contribution in [0.15, 0.2) is 54.6 Å². The van der Waals surface area contributed by atoms with Crippen LogP contribution in [0.1, 0.15) is 24.5 Å². The van der Waals surface area contributed by atoms with Crippen LogP contribution in [0, 0.1) is 5.92 Å². The van der Waals surface area contributed by atoms with Gasteiger partial charge in [0.2, 0.25) is 5.72 Å². The highest BCUT2D eigenvalue weighted by Crippen LogP contribution is 2.63. The van der Waals surface area contributed by atoms with Gasteiger partial charge in [0.15, 0.2) is 0 Å². The Kier molecular flexibility index (Phi) is 2.08. The number of benzene rings is 2. The van der Waals surface area contributed by atoms with E-state index >= 15 is 0 Å². The predicted octanol–water partition coefficient (Wildman–Crippen LogP) is 3.24. The molecular weight excluding hydrogens is 274 g/mol. The van der Waals surface area contributed by atoms with Crippen LogP contribution in [0.4, 0.5) is 5.69 Å². The number of anilines is 1. The number of para-hydroxylation sites is 1. The van der Waals surface area contributed by atoms with Gasteiger partial charge >= 0.3 is 5.97 Å². The summed E-state index contributed by atoms with van der Waals surface area (Å²) in [5.41, 5.74) is 2.38. The van der Waals surface area contributed by atoms with Crippen LogP contribution >= 0.6 is 0 Å². The highest BCUT2D eigenvalue weighted by atomic mass is 16.6. The van der Waals surface area contributed by atoms with E-state index in [0.29, 0.717) is 5.92 Å². The third kappa shape index (κ3) is 1.18. The van der Waals surface area contributed by atoms with Gasteiger partial charge in [0.1, 0.15) is 5.54 Å². The SMILES string of the molecule is C[C@]12C[C@@H]3Cc4ccccc4N1[C@]3(c1ccccc1)OC2=O. The van der Waals surface area contributed by atoms with Crippen molar-refractivity contribution in [2.45, 2.75) is 31.0 Å². The minimum Gasteiger partial charge on any atom is -0.432 e. The molecule has 3 aliphatic rings. The average molecular weight is 291 g/mol. The van der Waals surface area contributed by atoms with Crippen LogP contribution in [0.3, 0.4) is 0 Å². The highest BCUT2D eigenvalue weighted by molar-refractivity contribution is 5.92. The van der Waals surface area contributed by atoms with Crippen molar-refractivity contribution in [3.63, 3.8) is 0 Å². The van der Waals surface area contributed by atoms with Gasteiger partial charge < -0.3 is 9.64 Å². The molecule has 4 bridgehead atoms. The van der Waals surface area contributed by atoms with Gasteiger partial charge in [0.05, 0.1) is 0 Å². The second-order valence-electron chi connectivity index (χ2n) is 6.80. The summed E-state index contributed by atoms with van der Waals surface area (Å²) in [6, 6.07) is 18.6. The van der Waals surface area contributed by atoms with E-state index in [1.54, 1.807) is 0 Å². The molecule has 5 rings (SSSR count). The fourth-order valence-corrected chi connectivity index (χ4v) is 4.74. The Morgan fingerprint density at radius 1 is 1.09 bits per heavy atom. The molecule has 0 spiro atoms. The van der Waals surface area contributed by atoms with E-state index in [1.807, 2.05) is 31.2 Å². The van der Waals surface area contributed by atoms with Gasteiger partial charge in [-0.2, -0.15) is 0 Å². The predicted molar refractivity (Wildman–Crippen MR) is 83.3 cm³/mol. The van der Waals surface area contributed by atoms with E-state index < -0.39 is 11.3 Å². The van der Waals surface area contributed by atoms with Crippen molar-refractivity contribution >= 4 is 11.7 Å². The van der Waals surface area contributed by atoms with Gasteiger partial charge in [0, 0.05) is 17.2 Å². The fraction of sp³-hybridized carbons (Fsp3) is 0.316. The van der Waals surface area contributed by atoms with Crippen molar-refractivity contribution < 1.29 is 9.53 Å². The van der Waals surface area contributed by atoms with E-state index in [-0.39, 0.29) is 5.97 Å². The largest absolute Gasteiger partial charge is 0.432 e. The van der Waals surface area contributed by atoms with Crippen LogP contribution in [0.2, 0.25) is 0 Å². The Morgan fingerprint density at radius 3 is 2.64 bits per heavy atom. The number of esters is 1. The number of hydrogen-bond donors (Lipinski definition) is 0. The Hall–Kier alpha value is -2.29. The standard InChI is InChI=1S/C19H17NO2/c1-18-12-15-11-13-7-5-6-10-16(13)20(18)19(15,22-17(18)21)14-8-3-2-4-9-14/h2-10,15H,11-12H2,1H3/t15-,18+,19+/m0/s1. The van der Waals surface area contributed by atoms with Crippen LogP contribution < -0.4 is 4.90 Å². The molecule has 2 fully saturated rings.